The molecular formula is C17H15FN2O. The minimum atomic E-state index is -0.334. The number of halogens is 1. The fourth-order valence-electron chi connectivity index (χ4n) is 2.55. The van der Waals surface area contributed by atoms with E-state index in [2.05, 4.69) is 4.98 Å². The van der Waals surface area contributed by atoms with Gasteiger partial charge in [0.1, 0.15) is 5.82 Å². The Labute approximate surface area is 121 Å². The van der Waals surface area contributed by atoms with Crippen LogP contribution in [0.25, 0.3) is 10.9 Å². The number of carbonyl (C=O) groups is 1. The van der Waals surface area contributed by atoms with Crippen LogP contribution in [0.2, 0.25) is 0 Å². The van der Waals surface area contributed by atoms with Crippen molar-refractivity contribution in [1.82, 2.24) is 4.98 Å². The Morgan fingerprint density at radius 2 is 1.86 bits per heavy atom. The summed E-state index contributed by atoms with van der Waals surface area (Å²) in [6, 6.07) is 7.94. The molecule has 106 valence electrons. The Kier molecular flexibility index (Phi) is 3.01. The Hall–Kier alpha value is -2.62. The van der Waals surface area contributed by atoms with Gasteiger partial charge in [-0.25, -0.2) is 4.39 Å². The number of rotatable bonds is 2. The number of fused-ring (bicyclic) bond motifs is 1. The summed E-state index contributed by atoms with van der Waals surface area (Å²) in [6.45, 7) is 3.79. The molecule has 1 heterocycles. The summed E-state index contributed by atoms with van der Waals surface area (Å²) in [4.78, 5) is 15.7. The molecule has 0 radical (unpaired) electrons. The molecule has 0 bridgehead atoms. The molecule has 0 saturated heterocycles. The van der Waals surface area contributed by atoms with Gasteiger partial charge in [-0.1, -0.05) is 6.07 Å². The third kappa shape index (κ3) is 2.18. The number of nitrogen functional groups attached to an aromatic ring is 1. The number of anilines is 1. The molecule has 0 aliphatic rings. The molecule has 3 N–H and O–H groups in total. The summed E-state index contributed by atoms with van der Waals surface area (Å²) in [7, 11) is 0. The normalized spacial score (nSPS) is 11.0. The fraction of sp³-hybridized carbons (Fsp3) is 0.118. The molecule has 3 aromatic rings. The average Bonchev–Trinajstić information content (AvgIpc) is 2.85. The van der Waals surface area contributed by atoms with E-state index in [4.69, 9.17) is 5.73 Å². The number of carbonyl (C=O) groups excluding carboxylic acids is 1. The predicted molar refractivity (Wildman–Crippen MR) is 82.0 cm³/mol. The zero-order chi connectivity index (χ0) is 15.1. The maximum atomic E-state index is 13.2. The van der Waals surface area contributed by atoms with Gasteiger partial charge in [0, 0.05) is 33.9 Å². The van der Waals surface area contributed by atoms with Crippen LogP contribution < -0.4 is 5.73 Å². The van der Waals surface area contributed by atoms with Crippen molar-refractivity contribution in [3.8, 4) is 0 Å². The van der Waals surface area contributed by atoms with Gasteiger partial charge < -0.3 is 10.7 Å². The van der Waals surface area contributed by atoms with Gasteiger partial charge in [-0.2, -0.15) is 0 Å². The van der Waals surface area contributed by atoms with Crippen LogP contribution >= 0.6 is 0 Å². The first-order valence-electron chi connectivity index (χ1n) is 6.65. The smallest absolute Gasteiger partial charge is 0.195 e. The van der Waals surface area contributed by atoms with Gasteiger partial charge in [0.2, 0.25) is 0 Å². The first-order valence-corrected chi connectivity index (χ1v) is 6.65. The van der Waals surface area contributed by atoms with Crippen LogP contribution in [0, 0.1) is 19.7 Å². The number of nitrogens with two attached hydrogens (primary N) is 1. The molecule has 0 unspecified atom stereocenters. The highest BCUT2D eigenvalue weighted by molar-refractivity contribution is 6.17. The molecule has 2 aromatic carbocycles. The van der Waals surface area contributed by atoms with E-state index in [9.17, 15) is 9.18 Å². The lowest BCUT2D eigenvalue weighted by Crippen LogP contribution is -2.05. The highest BCUT2D eigenvalue weighted by Gasteiger charge is 2.17. The van der Waals surface area contributed by atoms with E-state index in [1.165, 1.54) is 12.1 Å². The summed E-state index contributed by atoms with van der Waals surface area (Å²) in [5.41, 5.74) is 10.0. The molecule has 0 fully saturated rings. The number of hydrogen-bond donors (Lipinski definition) is 2. The lowest BCUT2D eigenvalue weighted by Gasteiger charge is -2.08. The predicted octanol–water partition coefficient (Wildman–Crippen LogP) is 3.74. The molecule has 3 nitrogen and oxygen atoms in total. The number of benzene rings is 2. The molecule has 0 spiro atoms. The first kappa shape index (κ1) is 13.4. The van der Waals surface area contributed by atoms with E-state index >= 15 is 0 Å². The third-order valence-corrected chi connectivity index (χ3v) is 3.75. The van der Waals surface area contributed by atoms with Gasteiger partial charge in [0.05, 0.1) is 0 Å². The molecule has 0 aliphatic carbocycles. The van der Waals surface area contributed by atoms with Crippen LogP contribution in [0.5, 0.6) is 0 Å². The van der Waals surface area contributed by atoms with Gasteiger partial charge in [0.25, 0.3) is 0 Å². The van der Waals surface area contributed by atoms with E-state index in [0.717, 1.165) is 11.1 Å². The summed E-state index contributed by atoms with van der Waals surface area (Å²) in [5, 5.41) is 0.708. The van der Waals surface area contributed by atoms with E-state index in [0.29, 0.717) is 27.7 Å². The number of aryl methyl sites for hydroxylation is 2. The molecule has 1 aromatic heterocycles. The standard InChI is InChI=1S/C17H15FN2O/c1-9-5-10(2)15(19)7-13(9)17(21)14-8-20-16-6-11(18)3-4-12(14)16/h3-8,20H,19H2,1-2H3. The van der Waals surface area contributed by atoms with Gasteiger partial charge in [-0.15, -0.1) is 0 Å². The van der Waals surface area contributed by atoms with Crippen LogP contribution in [0.1, 0.15) is 27.0 Å². The topological polar surface area (TPSA) is 58.9 Å². The fourth-order valence-corrected chi connectivity index (χ4v) is 2.55. The van der Waals surface area contributed by atoms with Crippen molar-refractivity contribution in [1.29, 1.82) is 0 Å². The highest BCUT2D eigenvalue weighted by atomic mass is 19.1. The zero-order valence-corrected chi connectivity index (χ0v) is 11.8. The largest absolute Gasteiger partial charge is 0.398 e. The van der Waals surface area contributed by atoms with Crippen molar-refractivity contribution in [2.75, 3.05) is 5.73 Å². The SMILES string of the molecule is Cc1cc(C)c(C(=O)c2c[nH]c3cc(F)ccc23)cc1N. The summed E-state index contributed by atoms with van der Waals surface area (Å²) < 4.78 is 13.2. The van der Waals surface area contributed by atoms with Crippen molar-refractivity contribution in [2.24, 2.45) is 0 Å². The molecular weight excluding hydrogens is 267 g/mol. The van der Waals surface area contributed by atoms with Crippen LogP contribution in [0.4, 0.5) is 10.1 Å². The summed E-state index contributed by atoms with van der Waals surface area (Å²) >= 11 is 0. The minimum Gasteiger partial charge on any atom is -0.398 e. The second kappa shape index (κ2) is 4.74. The van der Waals surface area contributed by atoms with Crippen LogP contribution in [-0.2, 0) is 0 Å². The lowest BCUT2D eigenvalue weighted by atomic mass is 9.96. The minimum absolute atomic E-state index is 0.114. The Morgan fingerprint density at radius 1 is 1.10 bits per heavy atom. The molecule has 3 rings (SSSR count). The molecule has 0 amide bonds. The van der Waals surface area contributed by atoms with E-state index < -0.39 is 0 Å². The van der Waals surface area contributed by atoms with E-state index in [-0.39, 0.29) is 11.6 Å². The molecule has 0 aliphatic heterocycles. The van der Waals surface area contributed by atoms with Crippen LogP contribution in [-0.4, -0.2) is 10.8 Å². The van der Waals surface area contributed by atoms with Crippen molar-refractivity contribution in [3.05, 3.63) is 64.6 Å². The second-order valence-corrected chi connectivity index (χ2v) is 5.25. The Morgan fingerprint density at radius 3 is 2.62 bits per heavy atom. The number of ketones is 1. The highest BCUT2D eigenvalue weighted by Crippen LogP contribution is 2.25. The van der Waals surface area contributed by atoms with Crippen LogP contribution in [0.15, 0.2) is 36.5 Å². The maximum Gasteiger partial charge on any atom is 0.195 e. The number of aromatic nitrogens is 1. The quantitative estimate of drug-likeness (QED) is 0.555. The molecule has 21 heavy (non-hydrogen) atoms. The molecule has 0 saturated carbocycles. The maximum absolute atomic E-state index is 13.2. The number of hydrogen-bond acceptors (Lipinski definition) is 2. The number of H-pyrrole nitrogens is 1. The average molecular weight is 282 g/mol. The summed E-state index contributed by atoms with van der Waals surface area (Å²) in [6.07, 6.45) is 1.61. The van der Waals surface area contributed by atoms with Crippen molar-refractivity contribution >= 4 is 22.4 Å². The van der Waals surface area contributed by atoms with Gasteiger partial charge in [0.15, 0.2) is 5.78 Å². The second-order valence-electron chi connectivity index (χ2n) is 5.25. The number of nitrogens with one attached hydrogen (secondary N) is 1. The Balaban J connectivity index is 2.15. The van der Waals surface area contributed by atoms with Crippen LogP contribution in [0.3, 0.4) is 0 Å². The van der Waals surface area contributed by atoms with Gasteiger partial charge in [-0.05, 0) is 49.2 Å². The molecule has 0 atom stereocenters. The van der Waals surface area contributed by atoms with Gasteiger partial charge in [-0.3, -0.25) is 4.79 Å². The lowest BCUT2D eigenvalue weighted by molar-refractivity contribution is 0.104. The van der Waals surface area contributed by atoms with Crippen molar-refractivity contribution in [3.63, 3.8) is 0 Å². The molecule has 4 heteroatoms. The van der Waals surface area contributed by atoms with E-state index in [1.54, 1.807) is 18.3 Å². The van der Waals surface area contributed by atoms with Gasteiger partial charge >= 0.3 is 0 Å². The van der Waals surface area contributed by atoms with E-state index in [1.807, 2.05) is 19.9 Å². The number of aromatic amines is 1. The summed E-state index contributed by atoms with van der Waals surface area (Å²) in [5.74, 6) is -0.448. The Bertz CT molecular complexity index is 865. The first-order chi connectivity index (χ1) is 9.97. The third-order valence-electron chi connectivity index (χ3n) is 3.75. The van der Waals surface area contributed by atoms with Crippen molar-refractivity contribution < 1.29 is 9.18 Å². The zero-order valence-electron chi connectivity index (χ0n) is 11.8. The monoisotopic (exact) mass is 282 g/mol. The van der Waals surface area contributed by atoms with Crippen molar-refractivity contribution in [2.45, 2.75) is 13.8 Å².